The smallest absolute Gasteiger partial charge is 0.306 e. The standard InChI is InChI=1S/C41H46N2O7/c1-42(2)34-17-12-30-26-37(47-3)35-20-21-41(50-40(35)36(30)27-34,32-15-18-33(19-16-32)43-22-4-5-23-43)31-13-10-29(11-14-31)28-49-39(46)9-6-8-38(45)48-25-7-24-44/h10-21,26-27,44H,4-9,22-25,28H2,1-3H3. The molecular formula is C41H46N2O7. The zero-order valence-electron chi connectivity index (χ0n) is 29.2. The minimum absolute atomic E-state index is 0.0323. The van der Waals surface area contributed by atoms with Gasteiger partial charge < -0.3 is 33.9 Å². The lowest BCUT2D eigenvalue weighted by atomic mass is 9.82. The molecule has 1 unspecified atom stereocenters. The summed E-state index contributed by atoms with van der Waals surface area (Å²) in [5.74, 6) is 0.743. The van der Waals surface area contributed by atoms with Crippen LogP contribution in [-0.2, 0) is 31.3 Å². The number of fused-ring (bicyclic) bond motifs is 3. The highest BCUT2D eigenvalue weighted by Crippen LogP contribution is 2.49. The van der Waals surface area contributed by atoms with Crippen molar-refractivity contribution in [3.63, 3.8) is 0 Å². The molecule has 4 aromatic rings. The van der Waals surface area contributed by atoms with Crippen molar-refractivity contribution in [2.45, 2.75) is 50.7 Å². The average Bonchev–Trinajstić information content (AvgIpc) is 3.69. The van der Waals surface area contributed by atoms with Crippen LogP contribution in [0.1, 0.15) is 60.8 Å². The summed E-state index contributed by atoms with van der Waals surface area (Å²) >= 11 is 0. The van der Waals surface area contributed by atoms with Crippen LogP contribution in [0.3, 0.4) is 0 Å². The van der Waals surface area contributed by atoms with E-state index < -0.39 is 5.60 Å². The van der Waals surface area contributed by atoms with Gasteiger partial charge in [0.25, 0.3) is 0 Å². The number of aliphatic hydroxyl groups is 1. The van der Waals surface area contributed by atoms with Crippen molar-refractivity contribution < 1.29 is 33.6 Å². The Kier molecular flexibility index (Phi) is 10.9. The van der Waals surface area contributed by atoms with Gasteiger partial charge in [-0.2, -0.15) is 0 Å². The Bertz CT molecular complexity index is 1830. The van der Waals surface area contributed by atoms with Gasteiger partial charge in [0.15, 0.2) is 5.60 Å². The van der Waals surface area contributed by atoms with Gasteiger partial charge in [-0.1, -0.05) is 42.5 Å². The monoisotopic (exact) mass is 678 g/mol. The molecule has 0 spiro atoms. The molecule has 2 aliphatic heterocycles. The van der Waals surface area contributed by atoms with Crippen LogP contribution < -0.4 is 19.3 Å². The summed E-state index contributed by atoms with van der Waals surface area (Å²) in [6.45, 7) is 2.40. The fraction of sp³-hybridized carbons (Fsp3) is 0.366. The van der Waals surface area contributed by atoms with Crippen LogP contribution in [0.15, 0.2) is 78.9 Å². The number of nitrogens with zero attached hydrogens (tertiary/aromatic N) is 2. The van der Waals surface area contributed by atoms with Crippen LogP contribution in [0.4, 0.5) is 11.4 Å². The Morgan fingerprint density at radius 1 is 0.880 bits per heavy atom. The maximum absolute atomic E-state index is 12.4. The molecule has 6 rings (SSSR count). The molecule has 9 heteroatoms. The number of carbonyl (C=O) groups is 2. The van der Waals surface area contributed by atoms with Gasteiger partial charge in [-0.3, -0.25) is 9.59 Å². The van der Waals surface area contributed by atoms with Crippen LogP contribution in [0.25, 0.3) is 16.8 Å². The molecule has 2 aliphatic rings. The van der Waals surface area contributed by atoms with Gasteiger partial charge >= 0.3 is 11.9 Å². The fourth-order valence-corrected chi connectivity index (χ4v) is 6.61. The van der Waals surface area contributed by atoms with Gasteiger partial charge in [0.1, 0.15) is 18.1 Å². The van der Waals surface area contributed by atoms with Crippen molar-refractivity contribution in [3.05, 3.63) is 101 Å². The van der Waals surface area contributed by atoms with E-state index in [1.54, 1.807) is 7.11 Å². The zero-order valence-corrected chi connectivity index (χ0v) is 29.2. The Morgan fingerprint density at radius 2 is 1.56 bits per heavy atom. The third-order valence-electron chi connectivity index (χ3n) is 9.44. The molecule has 50 heavy (non-hydrogen) atoms. The number of esters is 2. The average molecular weight is 679 g/mol. The van der Waals surface area contributed by atoms with E-state index in [-0.39, 0.29) is 44.6 Å². The first-order valence-electron chi connectivity index (χ1n) is 17.4. The third kappa shape index (κ3) is 7.58. The first-order valence-corrected chi connectivity index (χ1v) is 17.4. The first kappa shape index (κ1) is 34.8. The van der Waals surface area contributed by atoms with Crippen LogP contribution in [-0.4, -0.2) is 64.6 Å². The summed E-state index contributed by atoms with van der Waals surface area (Å²) in [4.78, 5) is 28.7. The van der Waals surface area contributed by atoms with Crippen molar-refractivity contribution >= 4 is 40.2 Å². The van der Waals surface area contributed by atoms with E-state index in [1.165, 1.54) is 18.5 Å². The molecule has 1 fully saturated rings. The molecule has 2 heterocycles. The molecule has 1 saturated heterocycles. The third-order valence-corrected chi connectivity index (χ3v) is 9.44. The van der Waals surface area contributed by atoms with Gasteiger partial charge in [-0.15, -0.1) is 0 Å². The number of ether oxygens (including phenoxy) is 4. The largest absolute Gasteiger partial charge is 0.496 e. The Labute approximate surface area is 294 Å². The summed E-state index contributed by atoms with van der Waals surface area (Å²) in [6.07, 6.45) is 7.62. The van der Waals surface area contributed by atoms with Gasteiger partial charge in [-0.05, 0) is 72.7 Å². The highest BCUT2D eigenvalue weighted by atomic mass is 16.5. The minimum atomic E-state index is -0.940. The Balaban J connectivity index is 1.27. The maximum atomic E-state index is 12.4. The van der Waals surface area contributed by atoms with E-state index in [9.17, 15) is 9.59 Å². The van der Waals surface area contributed by atoms with Gasteiger partial charge in [0.05, 0.1) is 19.3 Å². The van der Waals surface area contributed by atoms with Gasteiger partial charge in [0, 0.05) is 80.9 Å². The van der Waals surface area contributed by atoms with Crippen molar-refractivity contribution in [2.24, 2.45) is 0 Å². The Morgan fingerprint density at radius 3 is 2.22 bits per heavy atom. The van der Waals surface area contributed by atoms with Crippen molar-refractivity contribution in [3.8, 4) is 11.5 Å². The number of hydrogen-bond acceptors (Lipinski definition) is 9. The maximum Gasteiger partial charge on any atom is 0.306 e. The van der Waals surface area contributed by atoms with E-state index in [4.69, 9.17) is 24.1 Å². The summed E-state index contributed by atoms with van der Waals surface area (Å²) in [6, 6.07) is 25.1. The molecule has 0 aliphatic carbocycles. The number of hydrogen-bond donors (Lipinski definition) is 1. The molecule has 9 nitrogen and oxygen atoms in total. The predicted molar refractivity (Wildman–Crippen MR) is 196 cm³/mol. The second-order valence-corrected chi connectivity index (χ2v) is 13.0. The lowest BCUT2D eigenvalue weighted by Crippen LogP contribution is -2.34. The second-order valence-electron chi connectivity index (χ2n) is 13.0. The van der Waals surface area contributed by atoms with E-state index in [2.05, 4.69) is 70.5 Å². The fourth-order valence-electron chi connectivity index (χ4n) is 6.61. The van der Waals surface area contributed by atoms with E-state index in [1.807, 2.05) is 38.4 Å². The topological polar surface area (TPSA) is 97.8 Å². The molecule has 262 valence electrons. The summed E-state index contributed by atoms with van der Waals surface area (Å²) in [7, 11) is 5.74. The summed E-state index contributed by atoms with van der Waals surface area (Å²) in [5.41, 5.74) is 5.00. The molecule has 0 radical (unpaired) electrons. The SMILES string of the molecule is COc1cc2ccc(N(C)C)cc2c2c1C=CC(c1ccc(COC(=O)CCCC(=O)OCCCO)cc1)(c1ccc(N3CCCC3)cc1)O2. The lowest BCUT2D eigenvalue weighted by Gasteiger charge is -2.37. The number of rotatable bonds is 14. The van der Waals surface area contributed by atoms with Crippen molar-refractivity contribution in [1.82, 2.24) is 0 Å². The molecular weight excluding hydrogens is 632 g/mol. The first-order chi connectivity index (χ1) is 24.3. The van der Waals surface area contributed by atoms with Crippen LogP contribution in [0.5, 0.6) is 11.5 Å². The van der Waals surface area contributed by atoms with Crippen LogP contribution in [0, 0.1) is 0 Å². The molecule has 1 N–H and O–H groups in total. The van der Waals surface area contributed by atoms with E-state index in [0.29, 0.717) is 12.8 Å². The van der Waals surface area contributed by atoms with Crippen molar-refractivity contribution in [1.29, 1.82) is 0 Å². The lowest BCUT2D eigenvalue weighted by molar-refractivity contribution is -0.146. The quantitative estimate of drug-likeness (QED) is 0.112. The van der Waals surface area contributed by atoms with E-state index >= 15 is 0 Å². The Hall–Kier alpha value is -5.02. The highest BCUT2D eigenvalue weighted by Gasteiger charge is 2.39. The van der Waals surface area contributed by atoms with Crippen LogP contribution in [0.2, 0.25) is 0 Å². The van der Waals surface area contributed by atoms with Gasteiger partial charge in [-0.25, -0.2) is 0 Å². The van der Waals surface area contributed by atoms with E-state index in [0.717, 1.165) is 63.3 Å². The summed E-state index contributed by atoms with van der Waals surface area (Å²) < 4.78 is 23.6. The molecule has 1 atom stereocenters. The molecule has 0 saturated carbocycles. The van der Waals surface area contributed by atoms with Crippen molar-refractivity contribution in [2.75, 3.05) is 57.3 Å². The highest BCUT2D eigenvalue weighted by molar-refractivity contribution is 5.97. The molecule has 0 aromatic heterocycles. The zero-order chi connectivity index (χ0) is 35.1. The number of benzene rings is 4. The molecule has 0 bridgehead atoms. The number of carbonyl (C=O) groups excluding carboxylic acids is 2. The van der Waals surface area contributed by atoms with Crippen LogP contribution >= 0.6 is 0 Å². The second kappa shape index (κ2) is 15.7. The summed E-state index contributed by atoms with van der Waals surface area (Å²) in [5, 5.41) is 10.8. The predicted octanol–water partition coefficient (Wildman–Crippen LogP) is 7.00. The molecule has 4 aromatic carbocycles. The minimum Gasteiger partial charge on any atom is -0.496 e. The van der Waals surface area contributed by atoms with Gasteiger partial charge in [0.2, 0.25) is 0 Å². The number of aliphatic hydroxyl groups excluding tert-OH is 1. The number of anilines is 2. The molecule has 0 amide bonds. The number of methoxy groups -OCH3 is 1. The normalized spacial score (nSPS) is 16.5.